The molecule has 1 heterocycles. The Kier molecular flexibility index (Phi) is 4.14. The Bertz CT molecular complexity index is 1030. The molecule has 0 bridgehead atoms. The standard InChI is InChI=1S/C18H14F2N4O/c1-9-6-10(17(25)24-18(21)22)7-14-12(4-5-23-16(9)14)13-3-2-11(19)8-15(13)20/h2-8H,1H3,(H4,21,22,24,25). The maximum Gasteiger partial charge on any atom is 0.280 e. The number of nitrogens with zero attached hydrogens (tertiary/aromatic N) is 2. The summed E-state index contributed by atoms with van der Waals surface area (Å²) in [6.45, 7) is 1.77. The monoisotopic (exact) mass is 340 g/mol. The molecule has 0 aliphatic rings. The maximum atomic E-state index is 14.2. The molecule has 0 radical (unpaired) electrons. The number of carbonyl (C=O) groups is 1. The zero-order valence-corrected chi connectivity index (χ0v) is 13.3. The van der Waals surface area contributed by atoms with Crippen molar-refractivity contribution in [3.05, 3.63) is 65.4 Å². The van der Waals surface area contributed by atoms with Crippen molar-refractivity contribution in [2.24, 2.45) is 16.5 Å². The largest absolute Gasteiger partial charge is 0.370 e. The lowest BCUT2D eigenvalue weighted by Crippen LogP contribution is -2.24. The molecule has 0 atom stereocenters. The number of hydrogen-bond donors (Lipinski definition) is 2. The van der Waals surface area contributed by atoms with Crippen LogP contribution >= 0.6 is 0 Å². The molecule has 2 aromatic carbocycles. The van der Waals surface area contributed by atoms with Crippen LogP contribution in [-0.4, -0.2) is 16.9 Å². The van der Waals surface area contributed by atoms with Crippen molar-refractivity contribution in [1.82, 2.24) is 4.98 Å². The zero-order chi connectivity index (χ0) is 18.1. The first-order chi connectivity index (χ1) is 11.9. The van der Waals surface area contributed by atoms with Crippen LogP contribution in [0.15, 0.2) is 47.6 Å². The number of amides is 1. The highest BCUT2D eigenvalue weighted by Gasteiger charge is 2.15. The SMILES string of the molecule is Cc1cc(C(=O)N=C(N)N)cc2c(-c3ccc(F)cc3F)ccnc12. The third-order valence-electron chi connectivity index (χ3n) is 3.73. The molecular weight excluding hydrogens is 326 g/mol. The number of carbonyl (C=O) groups excluding carboxylic acids is 1. The smallest absolute Gasteiger partial charge is 0.280 e. The van der Waals surface area contributed by atoms with Gasteiger partial charge in [0, 0.05) is 28.8 Å². The molecule has 0 spiro atoms. The van der Waals surface area contributed by atoms with Crippen molar-refractivity contribution in [3.8, 4) is 11.1 Å². The summed E-state index contributed by atoms with van der Waals surface area (Å²) >= 11 is 0. The van der Waals surface area contributed by atoms with Crippen molar-refractivity contribution in [2.45, 2.75) is 6.92 Å². The van der Waals surface area contributed by atoms with Crippen LogP contribution in [0.25, 0.3) is 22.0 Å². The van der Waals surface area contributed by atoms with E-state index in [2.05, 4.69) is 9.98 Å². The number of rotatable bonds is 2. The van der Waals surface area contributed by atoms with Gasteiger partial charge in [0.15, 0.2) is 5.96 Å². The number of aliphatic imine (C=N–C) groups is 1. The number of halogens is 2. The number of guanidine groups is 1. The van der Waals surface area contributed by atoms with Crippen molar-refractivity contribution in [2.75, 3.05) is 0 Å². The van der Waals surface area contributed by atoms with E-state index >= 15 is 0 Å². The van der Waals surface area contributed by atoms with Crippen LogP contribution in [0.3, 0.4) is 0 Å². The first-order valence-corrected chi connectivity index (χ1v) is 7.35. The quantitative estimate of drug-likeness (QED) is 0.554. The number of benzene rings is 2. The van der Waals surface area contributed by atoms with Crippen LogP contribution in [0, 0.1) is 18.6 Å². The van der Waals surface area contributed by atoms with Crippen molar-refractivity contribution in [1.29, 1.82) is 0 Å². The maximum absolute atomic E-state index is 14.2. The van der Waals surface area contributed by atoms with E-state index in [4.69, 9.17) is 11.5 Å². The van der Waals surface area contributed by atoms with Gasteiger partial charge < -0.3 is 11.5 Å². The summed E-state index contributed by atoms with van der Waals surface area (Å²) < 4.78 is 27.4. The Labute approximate surface area is 142 Å². The van der Waals surface area contributed by atoms with Gasteiger partial charge in [0.05, 0.1) is 5.52 Å². The third kappa shape index (κ3) is 3.16. The van der Waals surface area contributed by atoms with Crippen LogP contribution < -0.4 is 11.5 Å². The van der Waals surface area contributed by atoms with Gasteiger partial charge in [0.25, 0.3) is 5.91 Å². The average Bonchev–Trinajstić information content (AvgIpc) is 2.54. The summed E-state index contributed by atoms with van der Waals surface area (Å²) in [4.78, 5) is 19.9. The average molecular weight is 340 g/mol. The molecule has 0 aliphatic heterocycles. The van der Waals surface area contributed by atoms with Gasteiger partial charge in [-0.05, 0) is 48.4 Å². The molecular formula is C18H14F2N4O. The second-order valence-corrected chi connectivity index (χ2v) is 5.51. The molecule has 25 heavy (non-hydrogen) atoms. The fourth-order valence-corrected chi connectivity index (χ4v) is 2.68. The zero-order valence-electron chi connectivity index (χ0n) is 13.3. The summed E-state index contributed by atoms with van der Waals surface area (Å²) in [5, 5.41) is 0.544. The van der Waals surface area contributed by atoms with Crippen LogP contribution in [0.1, 0.15) is 15.9 Å². The topological polar surface area (TPSA) is 94.4 Å². The van der Waals surface area contributed by atoms with E-state index in [0.29, 0.717) is 22.0 Å². The van der Waals surface area contributed by atoms with E-state index in [9.17, 15) is 13.6 Å². The highest BCUT2D eigenvalue weighted by molar-refractivity contribution is 6.06. The van der Waals surface area contributed by atoms with E-state index in [0.717, 1.165) is 6.07 Å². The molecule has 5 nitrogen and oxygen atoms in total. The molecule has 4 N–H and O–H groups in total. The van der Waals surface area contributed by atoms with Gasteiger partial charge in [-0.3, -0.25) is 9.78 Å². The highest BCUT2D eigenvalue weighted by Crippen LogP contribution is 2.32. The lowest BCUT2D eigenvalue weighted by atomic mass is 9.97. The van der Waals surface area contributed by atoms with E-state index in [1.54, 1.807) is 25.1 Å². The fourth-order valence-electron chi connectivity index (χ4n) is 2.68. The molecule has 0 aliphatic carbocycles. The number of pyridine rings is 1. The minimum Gasteiger partial charge on any atom is -0.370 e. The summed E-state index contributed by atoms with van der Waals surface area (Å²) in [5.41, 5.74) is 12.7. The van der Waals surface area contributed by atoms with Gasteiger partial charge in [-0.15, -0.1) is 0 Å². The first-order valence-electron chi connectivity index (χ1n) is 7.35. The third-order valence-corrected chi connectivity index (χ3v) is 3.73. The number of nitrogens with two attached hydrogens (primary N) is 2. The fraction of sp³-hybridized carbons (Fsp3) is 0.0556. The second-order valence-electron chi connectivity index (χ2n) is 5.51. The van der Waals surface area contributed by atoms with Gasteiger partial charge in [-0.2, -0.15) is 4.99 Å². The van der Waals surface area contributed by atoms with Crippen LogP contribution in [-0.2, 0) is 0 Å². The molecule has 1 amide bonds. The molecule has 7 heteroatoms. The summed E-state index contributed by atoms with van der Waals surface area (Å²) in [5.74, 6) is -2.33. The van der Waals surface area contributed by atoms with Crippen molar-refractivity contribution in [3.63, 3.8) is 0 Å². The molecule has 0 saturated carbocycles. The molecule has 0 unspecified atom stereocenters. The number of aryl methyl sites for hydroxylation is 1. The Morgan fingerprint density at radius 1 is 1.08 bits per heavy atom. The van der Waals surface area contributed by atoms with Crippen LogP contribution in [0.4, 0.5) is 8.78 Å². The van der Waals surface area contributed by atoms with E-state index in [1.807, 2.05) is 0 Å². The molecule has 126 valence electrons. The minimum atomic E-state index is -0.703. The highest BCUT2D eigenvalue weighted by atomic mass is 19.1. The normalized spacial score (nSPS) is 10.7. The Morgan fingerprint density at radius 2 is 1.84 bits per heavy atom. The van der Waals surface area contributed by atoms with E-state index in [1.165, 1.54) is 18.3 Å². The van der Waals surface area contributed by atoms with E-state index < -0.39 is 17.5 Å². The molecule has 1 aromatic heterocycles. The van der Waals surface area contributed by atoms with Crippen LogP contribution in [0.5, 0.6) is 0 Å². The molecule has 3 aromatic rings. The second kappa shape index (κ2) is 6.27. The predicted molar refractivity (Wildman–Crippen MR) is 92.0 cm³/mol. The van der Waals surface area contributed by atoms with Crippen molar-refractivity contribution < 1.29 is 13.6 Å². The minimum absolute atomic E-state index is 0.208. The van der Waals surface area contributed by atoms with Gasteiger partial charge in [-0.1, -0.05) is 0 Å². The number of fused-ring (bicyclic) bond motifs is 1. The van der Waals surface area contributed by atoms with Crippen LogP contribution in [0.2, 0.25) is 0 Å². The number of hydrogen-bond acceptors (Lipinski definition) is 2. The Hall–Kier alpha value is -3.35. The summed E-state index contributed by atoms with van der Waals surface area (Å²) in [6, 6.07) is 8.08. The molecule has 0 fully saturated rings. The Balaban J connectivity index is 2.28. The summed E-state index contributed by atoms with van der Waals surface area (Å²) in [6.07, 6.45) is 1.53. The molecule has 3 rings (SSSR count). The number of aromatic nitrogens is 1. The lowest BCUT2D eigenvalue weighted by molar-refractivity contribution is 0.100. The Morgan fingerprint density at radius 3 is 2.52 bits per heavy atom. The van der Waals surface area contributed by atoms with E-state index in [-0.39, 0.29) is 17.1 Å². The lowest BCUT2D eigenvalue weighted by Gasteiger charge is -2.10. The van der Waals surface area contributed by atoms with Gasteiger partial charge >= 0.3 is 0 Å². The predicted octanol–water partition coefficient (Wildman–Crippen LogP) is 2.90. The molecule has 0 saturated heterocycles. The first kappa shape index (κ1) is 16.5. The van der Waals surface area contributed by atoms with Gasteiger partial charge in [-0.25, -0.2) is 8.78 Å². The van der Waals surface area contributed by atoms with Crippen molar-refractivity contribution >= 4 is 22.8 Å². The summed E-state index contributed by atoms with van der Waals surface area (Å²) in [7, 11) is 0. The van der Waals surface area contributed by atoms with Gasteiger partial charge in [0.2, 0.25) is 0 Å². The van der Waals surface area contributed by atoms with Gasteiger partial charge in [0.1, 0.15) is 11.6 Å².